The Hall–Kier alpha value is -2.54. The Morgan fingerprint density at radius 3 is 2.19 bits per heavy atom. The van der Waals surface area contributed by atoms with E-state index in [0.29, 0.717) is 24.2 Å². The average molecular weight is 376 g/mol. The Morgan fingerprint density at radius 2 is 1.65 bits per heavy atom. The summed E-state index contributed by atoms with van der Waals surface area (Å²) in [6.07, 6.45) is 1.93. The van der Waals surface area contributed by atoms with Crippen LogP contribution in [0, 0.1) is 0 Å². The van der Waals surface area contributed by atoms with Gasteiger partial charge >= 0.3 is 0 Å². The molecule has 0 spiro atoms. The third-order valence-electron chi connectivity index (χ3n) is 3.44. The smallest absolute Gasteiger partial charge is 0.251 e. The molecule has 2 aromatic carbocycles. The molecular weight excluding hydrogens is 352 g/mol. The van der Waals surface area contributed by atoms with Gasteiger partial charge in [-0.25, -0.2) is 8.42 Å². The van der Waals surface area contributed by atoms with E-state index in [-0.39, 0.29) is 12.0 Å². The van der Waals surface area contributed by atoms with Gasteiger partial charge in [-0.3, -0.25) is 9.52 Å². The molecule has 0 fully saturated rings. The number of benzene rings is 2. The lowest BCUT2D eigenvalue weighted by molar-refractivity contribution is 0.0954. The molecule has 2 aromatic rings. The Morgan fingerprint density at radius 1 is 1.04 bits per heavy atom. The standard InChI is InChI=1S/C19H24N2O4S/c1-14(2)25-18-10-4-15(5-11-18)12-13-20-19(22)16-6-8-17(9-7-16)21-26(3,23)24/h4-11,14,21H,12-13H2,1-3H3,(H,20,22). The van der Waals surface area contributed by atoms with Crippen molar-refractivity contribution in [1.29, 1.82) is 0 Å². The van der Waals surface area contributed by atoms with Crippen LogP contribution < -0.4 is 14.8 Å². The monoisotopic (exact) mass is 376 g/mol. The fraction of sp³-hybridized carbons (Fsp3) is 0.316. The number of hydrogen-bond acceptors (Lipinski definition) is 4. The Labute approximate surface area is 154 Å². The van der Waals surface area contributed by atoms with Crippen LogP contribution in [0.2, 0.25) is 0 Å². The zero-order chi connectivity index (χ0) is 19.2. The van der Waals surface area contributed by atoms with Crippen LogP contribution in [-0.2, 0) is 16.4 Å². The van der Waals surface area contributed by atoms with Crippen LogP contribution in [0.15, 0.2) is 48.5 Å². The topological polar surface area (TPSA) is 84.5 Å². The van der Waals surface area contributed by atoms with Crippen LogP contribution in [0.5, 0.6) is 5.75 Å². The van der Waals surface area contributed by atoms with E-state index in [4.69, 9.17) is 4.74 Å². The largest absolute Gasteiger partial charge is 0.491 e. The molecule has 0 unspecified atom stereocenters. The predicted molar refractivity (Wildman–Crippen MR) is 103 cm³/mol. The highest BCUT2D eigenvalue weighted by atomic mass is 32.2. The van der Waals surface area contributed by atoms with Crippen LogP contribution in [0.3, 0.4) is 0 Å². The first-order chi connectivity index (χ1) is 12.2. The van der Waals surface area contributed by atoms with Gasteiger partial charge in [0, 0.05) is 17.8 Å². The molecule has 0 aliphatic rings. The fourth-order valence-corrected chi connectivity index (χ4v) is 2.90. The van der Waals surface area contributed by atoms with Gasteiger partial charge in [0.1, 0.15) is 5.75 Å². The minimum absolute atomic E-state index is 0.138. The van der Waals surface area contributed by atoms with Crippen LogP contribution in [0.1, 0.15) is 29.8 Å². The number of carbonyl (C=O) groups excluding carboxylic acids is 1. The second-order valence-corrected chi connectivity index (χ2v) is 8.02. The normalized spacial score (nSPS) is 11.2. The first-order valence-electron chi connectivity index (χ1n) is 8.34. The first-order valence-corrected chi connectivity index (χ1v) is 10.2. The summed E-state index contributed by atoms with van der Waals surface area (Å²) >= 11 is 0. The highest BCUT2D eigenvalue weighted by Crippen LogP contribution is 2.14. The van der Waals surface area contributed by atoms with Crippen molar-refractivity contribution in [2.24, 2.45) is 0 Å². The molecule has 0 aliphatic carbocycles. The van der Waals surface area contributed by atoms with Crippen molar-refractivity contribution in [3.63, 3.8) is 0 Å². The Bertz CT molecular complexity index is 829. The van der Waals surface area contributed by atoms with E-state index in [1.807, 2.05) is 38.1 Å². The van der Waals surface area contributed by atoms with Gasteiger partial charge in [0.25, 0.3) is 5.91 Å². The molecular formula is C19H24N2O4S. The lowest BCUT2D eigenvalue weighted by Gasteiger charge is -2.10. The van der Waals surface area contributed by atoms with Gasteiger partial charge in [0.05, 0.1) is 12.4 Å². The molecule has 0 atom stereocenters. The summed E-state index contributed by atoms with van der Waals surface area (Å²) < 4.78 is 30.3. The van der Waals surface area contributed by atoms with Crippen molar-refractivity contribution in [2.45, 2.75) is 26.4 Å². The fourth-order valence-electron chi connectivity index (χ4n) is 2.33. The molecule has 0 aromatic heterocycles. The Kier molecular flexibility index (Phi) is 6.63. The lowest BCUT2D eigenvalue weighted by atomic mass is 10.1. The maximum atomic E-state index is 12.1. The number of rotatable bonds is 8. The van der Waals surface area contributed by atoms with Crippen LogP contribution in [-0.4, -0.2) is 33.2 Å². The molecule has 0 saturated carbocycles. The van der Waals surface area contributed by atoms with Gasteiger partial charge < -0.3 is 10.1 Å². The second-order valence-electron chi connectivity index (χ2n) is 6.27. The number of carbonyl (C=O) groups is 1. The van der Waals surface area contributed by atoms with E-state index in [1.54, 1.807) is 24.3 Å². The number of sulfonamides is 1. The molecule has 2 rings (SSSR count). The third kappa shape index (κ3) is 6.76. The van der Waals surface area contributed by atoms with Crippen LogP contribution in [0.25, 0.3) is 0 Å². The van der Waals surface area contributed by atoms with Crippen molar-refractivity contribution < 1.29 is 17.9 Å². The molecule has 0 bridgehead atoms. The van der Waals surface area contributed by atoms with Crippen molar-refractivity contribution in [2.75, 3.05) is 17.5 Å². The minimum Gasteiger partial charge on any atom is -0.491 e. The predicted octanol–water partition coefficient (Wildman–Crippen LogP) is 2.82. The van der Waals surface area contributed by atoms with Crippen molar-refractivity contribution in [1.82, 2.24) is 5.32 Å². The maximum Gasteiger partial charge on any atom is 0.251 e. The highest BCUT2D eigenvalue weighted by Gasteiger charge is 2.07. The van der Waals surface area contributed by atoms with E-state index in [1.165, 1.54) is 0 Å². The van der Waals surface area contributed by atoms with Crippen molar-refractivity contribution >= 4 is 21.6 Å². The summed E-state index contributed by atoms with van der Waals surface area (Å²) in [6, 6.07) is 14.1. The van der Waals surface area contributed by atoms with Crippen LogP contribution in [0.4, 0.5) is 5.69 Å². The lowest BCUT2D eigenvalue weighted by Crippen LogP contribution is -2.25. The zero-order valence-electron chi connectivity index (χ0n) is 15.2. The SMILES string of the molecule is CC(C)Oc1ccc(CCNC(=O)c2ccc(NS(C)(=O)=O)cc2)cc1. The molecule has 0 saturated heterocycles. The average Bonchev–Trinajstić information content (AvgIpc) is 2.55. The molecule has 6 nitrogen and oxygen atoms in total. The summed E-state index contributed by atoms with van der Waals surface area (Å²) in [7, 11) is -3.32. The summed E-state index contributed by atoms with van der Waals surface area (Å²) in [5.74, 6) is 0.631. The number of ether oxygens (including phenoxy) is 1. The van der Waals surface area contributed by atoms with Gasteiger partial charge in [-0.05, 0) is 62.2 Å². The first kappa shape index (κ1) is 19.8. The number of hydrogen-bond donors (Lipinski definition) is 2. The van der Waals surface area contributed by atoms with E-state index >= 15 is 0 Å². The molecule has 140 valence electrons. The molecule has 7 heteroatoms. The van der Waals surface area contributed by atoms with Gasteiger partial charge in [-0.1, -0.05) is 12.1 Å². The third-order valence-corrected chi connectivity index (χ3v) is 4.05. The van der Waals surface area contributed by atoms with Crippen molar-refractivity contribution in [3.8, 4) is 5.75 Å². The number of nitrogens with one attached hydrogen (secondary N) is 2. The zero-order valence-corrected chi connectivity index (χ0v) is 16.0. The van der Waals surface area contributed by atoms with E-state index < -0.39 is 10.0 Å². The number of amides is 1. The maximum absolute atomic E-state index is 12.1. The van der Waals surface area contributed by atoms with Gasteiger partial charge in [-0.2, -0.15) is 0 Å². The van der Waals surface area contributed by atoms with E-state index in [9.17, 15) is 13.2 Å². The molecule has 0 radical (unpaired) electrons. The van der Waals surface area contributed by atoms with Gasteiger partial charge in [-0.15, -0.1) is 0 Å². The van der Waals surface area contributed by atoms with Crippen molar-refractivity contribution in [3.05, 3.63) is 59.7 Å². The molecule has 0 heterocycles. The number of anilines is 1. The second kappa shape index (κ2) is 8.71. The quantitative estimate of drug-likeness (QED) is 0.742. The molecule has 26 heavy (non-hydrogen) atoms. The molecule has 0 aliphatic heterocycles. The van der Waals surface area contributed by atoms with Gasteiger partial charge in [0.15, 0.2) is 0 Å². The van der Waals surface area contributed by atoms with E-state index in [0.717, 1.165) is 17.6 Å². The van der Waals surface area contributed by atoms with Crippen LogP contribution >= 0.6 is 0 Å². The molecule has 2 N–H and O–H groups in total. The summed E-state index contributed by atoms with van der Waals surface area (Å²) in [5, 5.41) is 2.85. The van der Waals surface area contributed by atoms with E-state index in [2.05, 4.69) is 10.0 Å². The molecule has 1 amide bonds. The summed E-state index contributed by atoms with van der Waals surface area (Å²) in [6.45, 7) is 4.47. The minimum atomic E-state index is -3.32. The summed E-state index contributed by atoms with van der Waals surface area (Å²) in [5.41, 5.74) is 2.01. The van der Waals surface area contributed by atoms with Gasteiger partial charge in [0.2, 0.25) is 10.0 Å². The summed E-state index contributed by atoms with van der Waals surface area (Å²) in [4.78, 5) is 12.1. The highest BCUT2D eigenvalue weighted by molar-refractivity contribution is 7.92. The Balaban J connectivity index is 1.83.